The van der Waals surface area contributed by atoms with Crippen molar-refractivity contribution in [2.75, 3.05) is 48.7 Å². The minimum Gasteiger partial charge on any atom is -0.399 e. The van der Waals surface area contributed by atoms with Gasteiger partial charge in [-0.25, -0.2) is 0 Å². The second-order valence-electron chi connectivity index (χ2n) is 5.50. The summed E-state index contributed by atoms with van der Waals surface area (Å²) in [5.41, 5.74) is 8.46. The molecule has 0 aliphatic carbocycles. The number of nitrogens with two attached hydrogens (primary N) is 1. The van der Waals surface area contributed by atoms with Gasteiger partial charge in [-0.2, -0.15) is 0 Å². The average molecular weight is 290 g/mol. The maximum atomic E-state index is 11.9. The Morgan fingerprint density at radius 3 is 2.57 bits per heavy atom. The zero-order valence-corrected chi connectivity index (χ0v) is 13.1. The van der Waals surface area contributed by atoms with Crippen molar-refractivity contribution in [1.82, 2.24) is 4.90 Å². The summed E-state index contributed by atoms with van der Waals surface area (Å²) in [7, 11) is 0. The molecule has 1 heterocycles. The van der Waals surface area contributed by atoms with E-state index >= 15 is 0 Å². The number of likely N-dealkylation sites (N-methyl/N-ethyl adjacent to an activating group) is 1. The number of rotatable bonds is 5. The van der Waals surface area contributed by atoms with Crippen LogP contribution in [0, 0.1) is 0 Å². The van der Waals surface area contributed by atoms with E-state index in [4.69, 9.17) is 5.73 Å². The molecular formula is C16H26N4O. The van der Waals surface area contributed by atoms with E-state index < -0.39 is 0 Å². The number of nitrogens with one attached hydrogen (secondary N) is 1. The largest absolute Gasteiger partial charge is 0.399 e. The van der Waals surface area contributed by atoms with Gasteiger partial charge in [0.15, 0.2) is 0 Å². The van der Waals surface area contributed by atoms with Crippen LogP contribution in [0.2, 0.25) is 0 Å². The smallest absolute Gasteiger partial charge is 0.224 e. The van der Waals surface area contributed by atoms with E-state index in [1.165, 1.54) is 0 Å². The Kier molecular flexibility index (Phi) is 5.44. The highest BCUT2D eigenvalue weighted by molar-refractivity contribution is 5.95. The maximum absolute atomic E-state index is 11.9. The summed E-state index contributed by atoms with van der Waals surface area (Å²) in [4.78, 5) is 16.6. The van der Waals surface area contributed by atoms with E-state index in [9.17, 15) is 4.79 Å². The number of carbonyl (C=O) groups excluding carboxylic acids is 1. The molecule has 3 N–H and O–H groups in total. The molecule has 1 aromatic rings. The lowest BCUT2D eigenvalue weighted by atomic mass is 10.2. The Labute approximate surface area is 127 Å². The molecule has 1 saturated heterocycles. The van der Waals surface area contributed by atoms with Crippen LogP contribution in [0.1, 0.15) is 26.7 Å². The minimum absolute atomic E-state index is 0.0524. The number of carbonyl (C=O) groups is 1. The summed E-state index contributed by atoms with van der Waals surface area (Å²) < 4.78 is 0. The molecule has 1 aliphatic heterocycles. The lowest BCUT2D eigenvalue weighted by molar-refractivity contribution is -0.116. The third-order valence-electron chi connectivity index (χ3n) is 3.93. The molecule has 0 radical (unpaired) electrons. The Balaban J connectivity index is 2.13. The molecule has 0 spiro atoms. The number of anilines is 3. The Morgan fingerprint density at radius 1 is 1.24 bits per heavy atom. The number of benzene rings is 1. The van der Waals surface area contributed by atoms with Gasteiger partial charge in [0.05, 0.1) is 11.4 Å². The first kappa shape index (κ1) is 15.6. The van der Waals surface area contributed by atoms with Crippen LogP contribution in [-0.4, -0.2) is 43.5 Å². The van der Waals surface area contributed by atoms with Crippen molar-refractivity contribution in [3.05, 3.63) is 18.2 Å². The van der Waals surface area contributed by atoms with Crippen molar-refractivity contribution < 1.29 is 4.79 Å². The summed E-state index contributed by atoms with van der Waals surface area (Å²) in [6.45, 7) is 9.37. The molecule has 1 fully saturated rings. The number of nitrogen functional groups attached to an aromatic ring is 1. The van der Waals surface area contributed by atoms with Crippen LogP contribution >= 0.6 is 0 Å². The topological polar surface area (TPSA) is 61.6 Å². The molecule has 5 nitrogen and oxygen atoms in total. The lowest BCUT2D eigenvalue weighted by Gasteiger charge is -2.36. The van der Waals surface area contributed by atoms with Crippen molar-refractivity contribution in [3.8, 4) is 0 Å². The second-order valence-corrected chi connectivity index (χ2v) is 5.50. The molecule has 0 aromatic heterocycles. The first-order valence-electron chi connectivity index (χ1n) is 7.80. The van der Waals surface area contributed by atoms with Crippen molar-refractivity contribution >= 4 is 23.0 Å². The minimum atomic E-state index is 0.0524. The average Bonchev–Trinajstić information content (AvgIpc) is 2.48. The van der Waals surface area contributed by atoms with E-state index in [1.54, 1.807) is 0 Å². The maximum Gasteiger partial charge on any atom is 0.224 e. The Hall–Kier alpha value is -1.75. The second kappa shape index (κ2) is 7.31. The zero-order valence-electron chi connectivity index (χ0n) is 13.1. The molecule has 116 valence electrons. The number of nitrogens with zero attached hydrogens (tertiary/aromatic N) is 2. The quantitative estimate of drug-likeness (QED) is 0.816. The summed E-state index contributed by atoms with van der Waals surface area (Å²) in [6, 6.07) is 5.77. The van der Waals surface area contributed by atoms with Gasteiger partial charge in [-0.3, -0.25) is 4.79 Å². The van der Waals surface area contributed by atoms with Crippen LogP contribution in [0.5, 0.6) is 0 Å². The standard InChI is InChI=1S/C16H26N4O/c1-3-5-16(21)18-14-12-13(17)6-7-15(14)20-10-8-19(4-2)9-11-20/h6-7,12H,3-5,8-11,17H2,1-2H3,(H,18,21). The molecular weight excluding hydrogens is 264 g/mol. The van der Waals surface area contributed by atoms with E-state index in [0.29, 0.717) is 12.1 Å². The summed E-state index contributed by atoms with van der Waals surface area (Å²) >= 11 is 0. The zero-order chi connectivity index (χ0) is 15.2. The van der Waals surface area contributed by atoms with Gasteiger partial charge in [0.1, 0.15) is 0 Å². The third kappa shape index (κ3) is 4.11. The van der Waals surface area contributed by atoms with Crippen LogP contribution in [-0.2, 0) is 4.79 Å². The molecule has 1 aliphatic rings. The van der Waals surface area contributed by atoms with Crippen molar-refractivity contribution in [2.24, 2.45) is 0 Å². The Morgan fingerprint density at radius 2 is 1.95 bits per heavy atom. The fourth-order valence-electron chi connectivity index (χ4n) is 2.67. The molecule has 0 unspecified atom stereocenters. The summed E-state index contributed by atoms with van der Waals surface area (Å²) in [5, 5.41) is 3.00. The first-order chi connectivity index (χ1) is 10.1. The van der Waals surface area contributed by atoms with Gasteiger partial charge in [0.25, 0.3) is 0 Å². The lowest BCUT2D eigenvalue weighted by Crippen LogP contribution is -2.46. The summed E-state index contributed by atoms with van der Waals surface area (Å²) in [5.74, 6) is 0.0524. The fraction of sp³-hybridized carbons (Fsp3) is 0.562. The van der Waals surface area contributed by atoms with Crippen LogP contribution in [0.4, 0.5) is 17.1 Å². The predicted octanol–water partition coefficient (Wildman–Crippen LogP) is 2.15. The van der Waals surface area contributed by atoms with Gasteiger partial charge in [0, 0.05) is 38.3 Å². The van der Waals surface area contributed by atoms with Gasteiger partial charge >= 0.3 is 0 Å². The van der Waals surface area contributed by atoms with E-state index in [1.807, 2.05) is 25.1 Å². The monoisotopic (exact) mass is 290 g/mol. The molecule has 0 bridgehead atoms. The number of hydrogen-bond acceptors (Lipinski definition) is 4. The molecule has 1 amide bonds. The number of amides is 1. The highest BCUT2D eigenvalue weighted by Crippen LogP contribution is 2.29. The number of hydrogen-bond donors (Lipinski definition) is 2. The SMILES string of the molecule is CCCC(=O)Nc1cc(N)ccc1N1CCN(CC)CC1. The van der Waals surface area contributed by atoms with Gasteiger partial charge in [0.2, 0.25) is 5.91 Å². The van der Waals surface area contributed by atoms with Crippen LogP contribution in [0.3, 0.4) is 0 Å². The van der Waals surface area contributed by atoms with Crippen molar-refractivity contribution in [1.29, 1.82) is 0 Å². The molecule has 21 heavy (non-hydrogen) atoms. The first-order valence-corrected chi connectivity index (χ1v) is 7.80. The third-order valence-corrected chi connectivity index (χ3v) is 3.93. The van der Waals surface area contributed by atoms with Gasteiger partial charge < -0.3 is 20.9 Å². The van der Waals surface area contributed by atoms with Gasteiger partial charge in [-0.15, -0.1) is 0 Å². The molecule has 5 heteroatoms. The van der Waals surface area contributed by atoms with Crippen molar-refractivity contribution in [2.45, 2.75) is 26.7 Å². The van der Waals surface area contributed by atoms with Gasteiger partial charge in [-0.1, -0.05) is 13.8 Å². The van der Waals surface area contributed by atoms with E-state index in [0.717, 1.165) is 50.5 Å². The fourth-order valence-corrected chi connectivity index (χ4v) is 2.67. The molecule has 2 rings (SSSR count). The highest BCUT2D eigenvalue weighted by atomic mass is 16.1. The highest BCUT2D eigenvalue weighted by Gasteiger charge is 2.19. The Bertz CT molecular complexity index is 481. The van der Waals surface area contributed by atoms with Crippen molar-refractivity contribution in [3.63, 3.8) is 0 Å². The van der Waals surface area contributed by atoms with Crippen LogP contribution < -0.4 is 16.0 Å². The summed E-state index contributed by atoms with van der Waals surface area (Å²) in [6.07, 6.45) is 1.39. The predicted molar refractivity (Wildman–Crippen MR) is 88.7 cm³/mol. The number of piperazine rings is 1. The van der Waals surface area contributed by atoms with Crippen LogP contribution in [0.25, 0.3) is 0 Å². The van der Waals surface area contributed by atoms with E-state index in [2.05, 4.69) is 22.0 Å². The van der Waals surface area contributed by atoms with Crippen LogP contribution in [0.15, 0.2) is 18.2 Å². The van der Waals surface area contributed by atoms with E-state index in [-0.39, 0.29) is 5.91 Å². The van der Waals surface area contributed by atoms with Gasteiger partial charge in [-0.05, 0) is 31.2 Å². The normalized spacial score (nSPS) is 16.0. The molecule has 0 saturated carbocycles. The molecule has 0 atom stereocenters. The molecule has 1 aromatic carbocycles.